The van der Waals surface area contributed by atoms with E-state index >= 15 is 0 Å². The Morgan fingerprint density at radius 1 is 0.225 bits per heavy atom. The standard InChI is InChI=1S/C66H39N3O2/c1-2-16-44(17-3-1)69-65-49(30-32-57-63(65)51-22-4-8-24-55(51)67(57)45-18-12-14-40(36-45)42-28-34-61-53(38-42)47-20-6-10-26-59(47)70-61)50-31-33-58-64(66(50)69)52-23-5-9-25-56(52)68(58)46-19-13-15-41(37-46)43-29-35-62-54(39-43)48-21-7-11-27-60(48)71-62/h1-39H. The third-order valence-electron chi connectivity index (χ3n) is 15.0. The number of benzene rings is 11. The number of hydrogen-bond donors (Lipinski definition) is 0. The number of fused-ring (bicyclic) bond motifs is 17. The average molecular weight is 906 g/mol. The lowest BCUT2D eigenvalue weighted by Gasteiger charge is -2.12. The molecular weight excluding hydrogens is 867 g/mol. The Morgan fingerprint density at radius 2 is 0.634 bits per heavy atom. The number of rotatable bonds is 5. The zero-order chi connectivity index (χ0) is 46.3. The minimum atomic E-state index is 0.899. The first kappa shape index (κ1) is 38.4. The Balaban J connectivity index is 0.940. The van der Waals surface area contributed by atoms with Crippen molar-refractivity contribution >= 4 is 109 Å². The van der Waals surface area contributed by atoms with Crippen LogP contribution in [0.3, 0.4) is 0 Å². The van der Waals surface area contributed by atoms with E-state index in [0.29, 0.717) is 0 Å². The van der Waals surface area contributed by atoms with E-state index in [1.165, 1.54) is 43.4 Å². The summed E-state index contributed by atoms with van der Waals surface area (Å²) in [7, 11) is 0. The molecule has 0 saturated carbocycles. The van der Waals surface area contributed by atoms with Gasteiger partial charge in [0.2, 0.25) is 0 Å². The van der Waals surface area contributed by atoms with E-state index in [-0.39, 0.29) is 0 Å². The maximum Gasteiger partial charge on any atom is 0.135 e. The second kappa shape index (κ2) is 14.5. The van der Waals surface area contributed by atoms with Crippen molar-refractivity contribution in [3.8, 4) is 39.3 Å². The molecule has 0 unspecified atom stereocenters. The van der Waals surface area contributed by atoms with E-state index in [1.807, 2.05) is 24.3 Å². The fourth-order valence-electron chi connectivity index (χ4n) is 11.9. The number of hydrogen-bond acceptors (Lipinski definition) is 2. The Morgan fingerprint density at radius 3 is 1.14 bits per heavy atom. The normalized spacial score (nSPS) is 12.2. The maximum atomic E-state index is 6.22. The minimum absolute atomic E-state index is 0.899. The summed E-state index contributed by atoms with van der Waals surface area (Å²) in [6, 6.07) is 85.7. The van der Waals surface area contributed by atoms with Gasteiger partial charge in [0.1, 0.15) is 22.3 Å². The molecule has 0 fully saturated rings. The quantitative estimate of drug-likeness (QED) is 0.173. The Labute approximate surface area is 405 Å². The topological polar surface area (TPSA) is 41.1 Å². The van der Waals surface area contributed by atoms with Gasteiger partial charge in [-0.15, -0.1) is 0 Å². The van der Waals surface area contributed by atoms with Gasteiger partial charge < -0.3 is 22.5 Å². The molecule has 71 heavy (non-hydrogen) atoms. The molecule has 0 amide bonds. The summed E-state index contributed by atoms with van der Waals surface area (Å²) in [4.78, 5) is 0. The van der Waals surface area contributed by atoms with Gasteiger partial charge in [-0.3, -0.25) is 0 Å². The molecule has 5 heteroatoms. The van der Waals surface area contributed by atoms with Crippen molar-refractivity contribution in [2.45, 2.75) is 0 Å². The highest BCUT2D eigenvalue weighted by Gasteiger charge is 2.25. The summed E-state index contributed by atoms with van der Waals surface area (Å²) in [5, 5.41) is 11.8. The van der Waals surface area contributed by atoms with Crippen molar-refractivity contribution in [2.24, 2.45) is 0 Å². The SMILES string of the molecule is c1ccc(-n2c3c(ccc4c3c3ccccc3n4-c3cccc(-c4ccc5oc6ccccc6c5c4)c3)c3ccc4c(c5ccccc5n4-c4cccc(-c5ccc6oc7ccccc7c6c5)c4)c32)cc1. The van der Waals surface area contributed by atoms with Crippen molar-refractivity contribution in [3.05, 3.63) is 237 Å². The van der Waals surface area contributed by atoms with Crippen LogP contribution in [0.4, 0.5) is 0 Å². The molecule has 0 aliphatic carbocycles. The largest absolute Gasteiger partial charge is 0.456 e. The zero-order valence-corrected chi connectivity index (χ0v) is 38.2. The third kappa shape index (κ3) is 5.46. The van der Waals surface area contributed by atoms with Gasteiger partial charge in [-0.1, -0.05) is 140 Å². The van der Waals surface area contributed by atoms with E-state index in [1.54, 1.807) is 0 Å². The second-order valence-corrected chi connectivity index (χ2v) is 18.8. The molecule has 5 nitrogen and oxygen atoms in total. The molecule has 0 spiro atoms. The van der Waals surface area contributed by atoms with Gasteiger partial charge in [0.25, 0.3) is 0 Å². The van der Waals surface area contributed by atoms with Gasteiger partial charge in [-0.05, 0) is 119 Å². The third-order valence-corrected chi connectivity index (χ3v) is 15.0. The first-order chi connectivity index (χ1) is 35.2. The zero-order valence-electron chi connectivity index (χ0n) is 38.2. The summed E-state index contributed by atoms with van der Waals surface area (Å²) in [6.07, 6.45) is 0. The predicted octanol–water partition coefficient (Wildman–Crippen LogP) is 18.1. The highest BCUT2D eigenvalue weighted by molar-refractivity contribution is 6.31. The molecule has 0 N–H and O–H groups in total. The lowest BCUT2D eigenvalue weighted by Crippen LogP contribution is -1.96. The lowest BCUT2D eigenvalue weighted by molar-refractivity contribution is 0.668. The summed E-state index contributed by atoms with van der Waals surface area (Å²) in [6.45, 7) is 0. The maximum absolute atomic E-state index is 6.22. The Kier molecular flexibility index (Phi) is 7.82. The van der Waals surface area contributed by atoms with Crippen LogP contribution in [0, 0.1) is 0 Å². The summed E-state index contributed by atoms with van der Waals surface area (Å²) < 4.78 is 19.9. The first-order valence-corrected chi connectivity index (χ1v) is 24.2. The average Bonchev–Trinajstić information content (AvgIpc) is 4.24. The minimum Gasteiger partial charge on any atom is -0.456 e. The van der Waals surface area contributed by atoms with Crippen molar-refractivity contribution < 1.29 is 8.83 Å². The first-order valence-electron chi connectivity index (χ1n) is 24.2. The molecule has 0 aliphatic heterocycles. The van der Waals surface area contributed by atoms with Gasteiger partial charge in [0.05, 0.1) is 33.1 Å². The molecule has 16 aromatic rings. The van der Waals surface area contributed by atoms with Gasteiger partial charge in [0.15, 0.2) is 0 Å². The molecule has 16 rings (SSSR count). The Hall–Kier alpha value is -9.58. The van der Waals surface area contributed by atoms with E-state index in [4.69, 9.17) is 8.83 Å². The van der Waals surface area contributed by atoms with E-state index in [2.05, 4.69) is 226 Å². The molecule has 11 aromatic carbocycles. The molecule has 0 aliphatic rings. The van der Waals surface area contributed by atoms with Gasteiger partial charge in [0, 0.05) is 70.9 Å². The lowest BCUT2D eigenvalue weighted by atomic mass is 10.0. The fraction of sp³-hybridized carbons (Fsp3) is 0. The number of furan rings is 2. The van der Waals surface area contributed by atoms with Crippen molar-refractivity contribution in [1.82, 2.24) is 13.7 Å². The van der Waals surface area contributed by atoms with Crippen molar-refractivity contribution in [1.29, 1.82) is 0 Å². The van der Waals surface area contributed by atoms with Crippen molar-refractivity contribution in [3.63, 3.8) is 0 Å². The second-order valence-electron chi connectivity index (χ2n) is 18.8. The number of aromatic nitrogens is 3. The van der Waals surface area contributed by atoms with Crippen molar-refractivity contribution in [2.75, 3.05) is 0 Å². The van der Waals surface area contributed by atoms with Crippen LogP contribution in [0.25, 0.3) is 149 Å². The predicted molar refractivity (Wildman–Crippen MR) is 295 cm³/mol. The molecule has 0 bridgehead atoms. The van der Waals surface area contributed by atoms with Crippen LogP contribution in [0.5, 0.6) is 0 Å². The molecule has 0 radical (unpaired) electrons. The van der Waals surface area contributed by atoms with Gasteiger partial charge in [-0.25, -0.2) is 0 Å². The molecule has 330 valence electrons. The highest BCUT2D eigenvalue weighted by Crippen LogP contribution is 2.47. The van der Waals surface area contributed by atoms with Crippen LogP contribution in [0.2, 0.25) is 0 Å². The van der Waals surface area contributed by atoms with Crippen LogP contribution in [0.15, 0.2) is 245 Å². The van der Waals surface area contributed by atoms with Gasteiger partial charge in [-0.2, -0.15) is 0 Å². The van der Waals surface area contributed by atoms with Crippen LogP contribution in [0.1, 0.15) is 0 Å². The monoisotopic (exact) mass is 905 g/mol. The van der Waals surface area contributed by atoms with Crippen LogP contribution in [-0.2, 0) is 0 Å². The molecule has 5 heterocycles. The van der Waals surface area contributed by atoms with E-state index < -0.39 is 0 Å². The molecule has 0 atom stereocenters. The molecule has 5 aromatic heterocycles. The Bertz CT molecular complexity index is 4590. The summed E-state index contributed by atoms with van der Waals surface area (Å²) >= 11 is 0. The highest BCUT2D eigenvalue weighted by atomic mass is 16.3. The molecule has 0 saturated heterocycles. The van der Waals surface area contributed by atoms with Crippen LogP contribution in [-0.4, -0.2) is 13.7 Å². The van der Waals surface area contributed by atoms with E-state index in [9.17, 15) is 0 Å². The van der Waals surface area contributed by atoms with Gasteiger partial charge >= 0.3 is 0 Å². The summed E-state index contributed by atoms with van der Waals surface area (Å²) in [5.74, 6) is 0. The van der Waals surface area contributed by atoms with Crippen LogP contribution < -0.4 is 0 Å². The summed E-state index contributed by atoms with van der Waals surface area (Å²) in [5.41, 5.74) is 18.6. The fourth-order valence-corrected chi connectivity index (χ4v) is 11.9. The van der Waals surface area contributed by atoms with E-state index in [0.717, 1.165) is 105 Å². The molecular formula is C66H39N3O2. The smallest absolute Gasteiger partial charge is 0.135 e. The number of nitrogens with zero attached hydrogens (tertiary/aromatic N) is 3. The van der Waals surface area contributed by atoms with Crippen LogP contribution >= 0.6 is 0 Å². The number of para-hydroxylation sites is 5.